The molecular weight excluding hydrogens is 897 g/mol. The molecule has 5 rings (SSSR count). The second kappa shape index (κ2) is 21.6. The molecule has 1 aromatic heterocycles. The van der Waals surface area contributed by atoms with Crippen molar-refractivity contribution in [1.29, 1.82) is 0 Å². The van der Waals surface area contributed by atoms with Gasteiger partial charge in [-0.2, -0.15) is 0 Å². The van der Waals surface area contributed by atoms with Gasteiger partial charge in [-0.15, -0.1) is 0 Å². The third-order valence-corrected chi connectivity index (χ3v) is 13.8. The molecule has 0 aliphatic carbocycles. The van der Waals surface area contributed by atoms with E-state index in [1.807, 2.05) is 23.6 Å². The number of aromatic hydroxyl groups is 2. The van der Waals surface area contributed by atoms with Gasteiger partial charge in [-0.05, 0) is 112 Å². The van der Waals surface area contributed by atoms with Crippen molar-refractivity contribution in [3.63, 3.8) is 0 Å². The summed E-state index contributed by atoms with van der Waals surface area (Å²) in [6.45, 7) is 16.4. The molecule has 3 heterocycles. The number of fused-ring (bicyclic) bond motifs is 1. The summed E-state index contributed by atoms with van der Waals surface area (Å²) in [5.74, 6) is -6.51. The minimum absolute atomic E-state index is 0.00149. The van der Waals surface area contributed by atoms with Crippen LogP contribution in [0, 0.1) is 23.2 Å². The van der Waals surface area contributed by atoms with E-state index < -0.39 is 119 Å². The zero-order valence-electron chi connectivity index (χ0n) is 42.0. The maximum atomic E-state index is 14.3. The quantitative estimate of drug-likeness (QED) is 0.102. The Morgan fingerprint density at radius 1 is 0.986 bits per heavy atom. The molecule has 0 saturated carbocycles. The molecule has 18 nitrogen and oxygen atoms in total. The smallest absolute Gasteiger partial charge is 0.317 e. The van der Waals surface area contributed by atoms with Crippen LogP contribution in [0.25, 0.3) is 22.1 Å². The van der Waals surface area contributed by atoms with Crippen molar-refractivity contribution in [2.45, 2.75) is 155 Å². The van der Waals surface area contributed by atoms with E-state index in [1.54, 1.807) is 35.0 Å². The Balaban J connectivity index is 1.38. The summed E-state index contributed by atoms with van der Waals surface area (Å²) in [5.41, 5.74) is -5.11. The number of ketones is 1. The first kappa shape index (κ1) is 55.0. The number of carbonyl (C=O) groups is 4. The number of likely N-dealkylation sites (N-methyl/N-ethyl adjacent to an activating group) is 2. The minimum Gasteiger partial charge on any atom is -0.508 e. The number of Topliss-reactive ketones (excluding diaryl/α,β-unsaturated/α-hetero) is 1. The van der Waals surface area contributed by atoms with Crippen molar-refractivity contribution >= 4 is 34.7 Å². The molecule has 0 bridgehead atoms. The van der Waals surface area contributed by atoms with Crippen molar-refractivity contribution in [1.82, 2.24) is 9.80 Å². The number of aliphatic hydroxyl groups excluding tert-OH is 1. The fourth-order valence-electron chi connectivity index (χ4n) is 9.69. The summed E-state index contributed by atoms with van der Waals surface area (Å²) in [7, 11) is 5.37. The highest BCUT2D eigenvalue weighted by Gasteiger charge is 2.51. The van der Waals surface area contributed by atoms with Crippen LogP contribution in [0.1, 0.15) is 94.9 Å². The molecular formula is C51H72N2O16. The summed E-state index contributed by atoms with van der Waals surface area (Å²) in [4.78, 5) is 72.6. The normalized spacial score (nSPS) is 32.5. The van der Waals surface area contributed by atoms with Gasteiger partial charge in [0.05, 0.1) is 41.3 Å². The maximum Gasteiger partial charge on any atom is 0.317 e. The topological polar surface area (TPSA) is 252 Å². The molecule has 18 heteroatoms. The van der Waals surface area contributed by atoms with E-state index in [1.165, 1.54) is 78.1 Å². The van der Waals surface area contributed by atoms with Crippen LogP contribution < -0.4 is 10.2 Å². The first-order valence-electron chi connectivity index (χ1n) is 23.5. The largest absolute Gasteiger partial charge is 0.508 e. The van der Waals surface area contributed by atoms with E-state index >= 15 is 0 Å². The minimum atomic E-state index is -1.87. The number of esters is 3. The molecule has 0 amide bonds. The predicted molar refractivity (Wildman–Crippen MR) is 253 cm³/mol. The Bertz CT molecular complexity index is 2380. The lowest BCUT2D eigenvalue weighted by Gasteiger charge is -2.46. The second-order valence-corrected chi connectivity index (χ2v) is 20.6. The van der Waals surface area contributed by atoms with E-state index in [0.29, 0.717) is 18.5 Å². The van der Waals surface area contributed by atoms with Gasteiger partial charge in [0, 0.05) is 30.6 Å². The number of cyclic esters (lactones) is 1. The lowest BCUT2D eigenvalue weighted by Crippen LogP contribution is -2.60. The Morgan fingerprint density at radius 3 is 2.23 bits per heavy atom. The molecule has 0 spiro atoms. The number of benzene rings is 2. The molecule has 382 valence electrons. The van der Waals surface area contributed by atoms with Crippen molar-refractivity contribution in [3.05, 3.63) is 52.9 Å². The van der Waals surface area contributed by atoms with Gasteiger partial charge in [-0.3, -0.25) is 24.0 Å². The molecule has 2 aliphatic rings. The molecule has 3 aromatic rings. The number of nitrogens with zero attached hydrogens (tertiary/aromatic N) is 2. The van der Waals surface area contributed by atoms with Crippen molar-refractivity contribution in [2.75, 3.05) is 27.7 Å². The van der Waals surface area contributed by atoms with Gasteiger partial charge in [0.1, 0.15) is 58.2 Å². The van der Waals surface area contributed by atoms with E-state index in [0.717, 1.165) is 6.07 Å². The van der Waals surface area contributed by atoms with Gasteiger partial charge >= 0.3 is 17.9 Å². The predicted octanol–water partition coefficient (Wildman–Crippen LogP) is 4.94. The van der Waals surface area contributed by atoms with Crippen LogP contribution in [0.3, 0.4) is 0 Å². The van der Waals surface area contributed by atoms with Gasteiger partial charge < -0.3 is 63.4 Å². The molecule has 69 heavy (non-hydrogen) atoms. The highest BCUT2D eigenvalue weighted by atomic mass is 16.7. The number of phenolic OH excluding ortho intramolecular Hbond substituents is 2. The van der Waals surface area contributed by atoms with E-state index in [2.05, 4.69) is 0 Å². The van der Waals surface area contributed by atoms with Crippen LogP contribution in [0.2, 0.25) is 0 Å². The van der Waals surface area contributed by atoms with Crippen LogP contribution in [-0.4, -0.2) is 147 Å². The lowest BCUT2D eigenvalue weighted by atomic mass is 9.78. The molecule has 13 atom stereocenters. The number of carbonyl (C=O) groups excluding carboxylic acids is 4. The Kier molecular flexibility index (Phi) is 17.2. The SMILES string of the molecule is CC[C@@H]1OC(=O)[C@@H](C)C(=O)[C@@H](C)[C@H](O[C@H]2O[C@@H](C)C[C@@H](N(C)C)[C@@H]2OC(=O)CC(C)(C)C(=O)Oc2ccc(-c3coc4cc(O)cc(O)c4c3=O)cc2)[C@@](C)(O)C[C@H](C)CN(C)[C@@H](C)[C@H](O)[C@@]1(C)O. The van der Waals surface area contributed by atoms with Crippen LogP contribution >= 0.6 is 0 Å². The van der Waals surface area contributed by atoms with E-state index in [9.17, 15) is 49.5 Å². The average Bonchev–Trinajstić information content (AvgIpc) is 3.25. The van der Waals surface area contributed by atoms with Gasteiger partial charge in [0.2, 0.25) is 5.43 Å². The summed E-state index contributed by atoms with van der Waals surface area (Å²) in [5, 5.41) is 55.4. The number of ether oxygens (including phenoxy) is 5. The monoisotopic (exact) mass is 968 g/mol. The number of phenols is 2. The van der Waals surface area contributed by atoms with Gasteiger partial charge in [-0.1, -0.05) is 32.9 Å². The van der Waals surface area contributed by atoms with Gasteiger partial charge in [0.15, 0.2) is 18.2 Å². The number of aliphatic hydroxyl groups is 3. The van der Waals surface area contributed by atoms with Crippen molar-refractivity contribution in [2.24, 2.45) is 23.2 Å². The van der Waals surface area contributed by atoms with Gasteiger partial charge in [-0.25, -0.2) is 0 Å². The van der Waals surface area contributed by atoms with Crippen molar-refractivity contribution < 1.29 is 72.8 Å². The molecule has 2 aromatic carbocycles. The Hall–Kier alpha value is -4.95. The summed E-state index contributed by atoms with van der Waals surface area (Å²) >= 11 is 0. The second-order valence-electron chi connectivity index (χ2n) is 20.6. The molecule has 2 saturated heterocycles. The lowest BCUT2D eigenvalue weighted by molar-refractivity contribution is -0.296. The maximum absolute atomic E-state index is 14.3. The van der Waals surface area contributed by atoms with E-state index in [4.69, 9.17) is 28.1 Å². The molecule has 2 aliphatic heterocycles. The molecule has 0 unspecified atom stereocenters. The standard InChI is InChI=1S/C51H72N2O16/c1-14-38-51(10,63)44(59)30(6)53(13)24-26(2)22-50(9,62)45(28(4)41(57)29(5)46(60)67-38)69-47-43(35(52(11)12)19-27(3)65-47)68-39(56)23-49(7,8)48(61)66-33-17-15-31(16-18-33)34-25-64-37-21-32(54)20-36(55)40(37)42(34)58/h15-18,20-21,25-30,35,38,43-45,47,54-55,59,62-63H,14,19,22-24H2,1-13H3/t26-,27-,28+,29-,30-,35+,38-,43-,44-,45-,47+,50-,51-/m0/s1. The zero-order chi connectivity index (χ0) is 51.7. The van der Waals surface area contributed by atoms with Crippen LogP contribution in [0.5, 0.6) is 17.2 Å². The summed E-state index contributed by atoms with van der Waals surface area (Å²) in [6.07, 6.45) is -5.40. The third-order valence-electron chi connectivity index (χ3n) is 13.8. The van der Waals surface area contributed by atoms with Crippen LogP contribution in [0.4, 0.5) is 0 Å². The van der Waals surface area contributed by atoms with Crippen LogP contribution in [0.15, 0.2) is 51.9 Å². The molecule has 2 fully saturated rings. The average molecular weight is 969 g/mol. The highest BCUT2D eigenvalue weighted by Crippen LogP contribution is 2.38. The Morgan fingerprint density at radius 2 is 1.62 bits per heavy atom. The number of hydrogen-bond donors (Lipinski definition) is 5. The zero-order valence-corrected chi connectivity index (χ0v) is 42.0. The highest BCUT2D eigenvalue weighted by molar-refractivity contribution is 6.00. The summed E-state index contributed by atoms with van der Waals surface area (Å²) < 4.78 is 36.2. The van der Waals surface area contributed by atoms with Crippen LogP contribution in [-0.2, 0) is 38.1 Å². The number of rotatable bonds is 10. The Labute approximate surface area is 403 Å². The summed E-state index contributed by atoms with van der Waals surface area (Å²) in [6, 6.07) is 7.09. The van der Waals surface area contributed by atoms with E-state index in [-0.39, 0.29) is 46.8 Å². The number of hydrogen-bond acceptors (Lipinski definition) is 18. The van der Waals surface area contributed by atoms with Crippen molar-refractivity contribution in [3.8, 4) is 28.4 Å². The first-order chi connectivity index (χ1) is 32.0. The fraction of sp³-hybridized carbons (Fsp3) is 0.627. The molecule has 5 N–H and O–H groups in total. The first-order valence-corrected chi connectivity index (χ1v) is 23.5. The fourth-order valence-corrected chi connectivity index (χ4v) is 9.69. The van der Waals surface area contributed by atoms with Gasteiger partial charge in [0.25, 0.3) is 0 Å². The molecule has 0 radical (unpaired) electrons. The third kappa shape index (κ3) is 12.3.